The summed E-state index contributed by atoms with van der Waals surface area (Å²) in [7, 11) is -0.999. The third-order valence-electron chi connectivity index (χ3n) is 4.17. The molecular weight excluding hydrogens is 446 g/mol. The standard InChI is InChI=1S/C20H20ClN3O6S/c1-28-16-8-3-13(11-17(16)29-2)18-19(22-12-23-20(18)30-10-9-25)24-31(26,27)15-6-4-14(21)5-7-15/h3-8,11-12,25H,9-10H2,1-2H3,(H,22,23,24). The summed E-state index contributed by atoms with van der Waals surface area (Å²) in [5, 5.41) is 9.55. The van der Waals surface area contributed by atoms with Crippen molar-refractivity contribution in [2.24, 2.45) is 0 Å². The van der Waals surface area contributed by atoms with Crippen LogP contribution in [0.15, 0.2) is 53.7 Å². The van der Waals surface area contributed by atoms with Gasteiger partial charge in [-0.2, -0.15) is 0 Å². The first kappa shape index (κ1) is 22.6. The van der Waals surface area contributed by atoms with Crippen LogP contribution in [0.4, 0.5) is 5.82 Å². The fourth-order valence-corrected chi connectivity index (χ4v) is 3.90. The van der Waals surface area contributed by atoms with Gasteiger partial charge in [0.15, 0.2) is 17.3 Å². The Morgan fingerprint density at radius 3 is 2.39 bits per heavy atom. The van der Waals surface area contributed by atoms with Gasteiger partial charge >= 0.3 is 0 Å². The number of benzene rings is 2. The summed E-state index contributed by atoms with van der Waals surface area (Å²) in [6.07, 6.45) is 1.16. The number of ether oxygens (including phenoxy) is 3. The Balaban J connectivity index is 2.12. The zero-order valence-corrected chi connectivity index (χ0v) is 18.3. The second-order valence-electron chi connectivity index (χ2n) is 6.10. The molecule has 0 atom stereocenters. The van der Waals surface area contributed by atoms with Crippen LogP contribution in [0, 0.1) is 0 Å². The maximum atomic E-state index is 12.9. The Bertz CT molecular complexity index is 1160. The van der Waals surface area contributed by atoms with Crippen molar-refractivity contribution < 1.29 is 27.7 Å². The highest BCUT2D eigenvalue weighted by molar-refractivity contribution is 7.92. The maximum Gasteiger partial charge on any atom is 0.263 e. The lowest BCUT2D eigenvalue weighted by Gasteiger charge is -2.16. The minimum atomic E-state index is -3.99. The Kier molecular flexibility index (Phi) is 7.16. The van der Waals surface area contributed by atoms with Crippen molar-refractivity contribution in [3.8, 4) is 28.5 Å². The SMILES string of the molecule is COc1ccc(-c2c(NS(=O)(=O)c3ccc(Cl)cc3)ncnc2OCCO)cc1OC. The highest BCUT2D eigenvalue weighted by Gasteiger charge is 2.22. The van der Waals surface area contributed by atoms with Crippen molar-refractivity contribution >= 4 is 27.4 Å². The third kappa shape index (κ3) is 5.16. The molecule has 2 N–H and O–H groups in total. The van der Waals surface area contributed by atoms with E-state index in [0.717, 1.165) is 6.33 Å². The molecule has 2 aromatic carbocycles. The van der Waals surface area contributed by atoms with Crippen LogP contribution >= 0.6 is 11.6 Å². The summed E-state index contributed by atoms with van der Waals surface area (Å²) in [5.41, 5.74) is 0.787. The van der Waals surface area contributed by atoms with Crippen LogP contribution in [0.3, 0.4) is 0 Å². The number of hydrogen-bond donors (Lipinski definition) is 2. The Labute approximate surface area is 184 Å². The molecule has 164 valence electrons. The third-order valence-corrected chi connectivity index (χ3v) is 5.78. The number of halogens is 1. The van der Waals surface area contributed by atoms with Gasteiger partial charge in [0.25, 0.3) is 10.0 Å². The van der Waals surface area contributed by atoms with E-state index in [1.165, 1.54) is 38.5 Å². The lowest BCUT2D eigenvalue weighted by Crippen LogP contribution is -2.16. The van der Waals surface area contributed by atoms with Gasteiger partial charge < -0.3 is 19.3 Å². The number of aliphatic hydroxyl groups excluding tert-OH is 1. The molecule has 9 nitrogen and oxygen atoms in total. The van der Waals surface area contributed by atoms with Gasteiger partial charge in [0.2, 0.25) is 5.88 Å². The van der Waals surface area contributed by atoms with Gasteiger partial charge in [0.05, 0.1) is 31.3 Å². The summed E-state index contributed by atoms with van der Waals surface area (Å²) in [4.78, 5) is 8.21. The van der Waals surface area contributed by atoms with Crippen molar-refractivity contribution in [3.05, 3.63) is 53.8 Å². The van der Waals surface area contributed by atoms with Gasteiger partial charge in [0, 0.05) is 5.02 Å². The number of methoxy groups -OCH3 is 2. The smallest absolute Gasteiger partial charge is 0.263 e. The lowest BCUT2D eigenvalue weighted by atomic mass is 10.1. The van der Waals surface area contributed by atoms with Crippen LogP contribution in [0.25, 0.3) is 11.1 Å². The van der Waals surface area contributed by atoms with E-state index in [1.54, 1.807) is 18.2 Å². The molecule has 0 bridgehead atoms. The van der Waals surface area contributed by atoms with Gasteiger partial charge in [-0.15, -0.1) is 0 Å². The number of aliphatic hydroxyl groups is 1. The molecule has 0 saturated carbocycles. The molecule has 1 heterocycles. The van der Waals surface area contributed by atoms with Crippen LogP contribution in [0.2, 0.25) is 5.02 Å². The second kappa shape index (κ2) is 9.82. The fraction of sp³-hybridized carbons (Fsp3) is 0.200. The number of rotatable bonds is 9. The van der Waals surface area contributed by atoms with Crippen molar-refractivity contribution in [2.45, 2.75) is 4.90 Å². The van der Waals surface area contributed by atoms with Crippen LogP contribution in [-0.4, -0.2) is 50.9 Å². The summed E-state index contributed by atoms with van der Waals surface area (Å²) >= 11 is 5.85. The predicted molar refractivity (Wildman–Crippen MR) is 115 cm³/mol. The second-order valence-corrected chi connectivity index (χ2v) is 8.22. The molecule has 0 aliphatic heterocycles. The molecule has 0 aliphatic carbocycles. The molecule has 0 spiro atoms. The summed E-state index contributed by atoms with van der Waals surface area (Å²) in [6.45, 7) is -0.290. The lowest BCUT2D eigenvalue weighted by molar-refractivity contribution is 0.197. The molecule has 0 aliphatic rings. The Hall–Kier alpha value is -3.08. The average molecular weight is 466 g/mol. The predicted octanol–water partition coefficient (Wildman–Crippen LogP) is 2.99. The number of sulfonamides is 1. The van der Waals surface area contributed by atoms with Crippen molar-refractivity contribution in [2.75, 3.05) is 32.2 Å². The Morgan fingerprint density at radius 2 is 1.74 bits per heavy atom. The zero-order chi connectivity index (χ0) is 22.4. The van der Waals surface area contributed by atoms with E-state index in [0.29, 0.717) is 22.1 Å². The quantitative estimate of drug-likeness (QED) is 0.495. The average Bonchev–Trinajstić information content (AvgIpc) is 2.77. The van der Waals surface area contributed by atoms with Gasteiger partial charge in [-0.3, -0.25) is 4.72 Å². The van der Waals surface area contributed by atoms with E-state index in [2.05, 4.69) is 14.7 Å². The molecule has 0 fully saturated rings. The van der Waals surface area contributed by atoms with Crippen LogP contribution in [0.1, 0.15) is 0 Å². The van der Waals surface area contributed by atoms with Gasteiger partial charge in [-0.25, -0.2) is 18.4 Å². The number of hydrogen-bond acceptors (Lipinski definition) is 8. The molecule has 31 heavy (non-hydrogen) atoms. The fourth-order valence-electron chi connectivity index (χ4n) is 2.75. The van der Waals surface area contributed by atoms with E-state index < -0.39 is 10.0 Å². The van der Waals surface area contributed by atoms with E-state index in [9.17, 15) is 8.42 Å². The Morgan fingerprint density at radius 1 is 1.03 bits per heavy atom. The molecule has 11 heteroatoms. The number of nitrogens with zero attached hydrogens (tertiary/aromatic N) is 2. The van der Waals surface area contributed by atoms with Gasteiger partial charge in [0.1, 0.15) is 12.9 Å². The van der Waals surface area contributed by atoms with E-state index in [-0.39, 0.29) is 35.4 Å². The number of anilines is 1. The topological polar surface area (TPSA) is 120 Å². The van der Waals surface area contributed by atoms with Crippen molar-refractivity contribution in [1.29, 1.82) is 0 Å². The highest BCUT2D eigenvalue weighted by Crippen LogP contribution is 2.39. The first-order valence-electron chi connectivity index (χ1n) is 8.99. The van der Waals surface area contributed by atoms with Crippen molar-refractivity contribution in [1.82, 2.24) is 9.97 Å². The largest absolute Gasteiger partial charge is 0.493 e. The maximum absolute atomic E-state index is 12.9. The van der Waals surface area contributed by atoms with E-state index >= 15 is 0 Å². The molecule has 0 radical (unpaired) electrons. The molecule has 0 amide bonds. The van der Waals surface area contributed by atoms with Crippen LogP contribution < -0.4 is 18.9 Å². The monoisotopic (exact) mass is 465 g/mol. The minimum absolute atomic E-state index is 0.00611. The van der Waals surface area contributed by atoms with Gasteiger partial charge in [-0.1, -0.05) is 17.7 Å². The van der Waals surface area contributed by atoms with Gasteiger partial charge in [-0.05, 0) is 42.0 Å². The van der Waals surface area contributed by atoms with E-state index in [4.69, 9.17) is 30.9 Å². The molecule has 1 aromatic heterocycles. The summed E-state index contributed by atoms with van der Waals surface area (Å²) in [5.74, 6) is 0.989. The summed E-state index contributed by atoms with van der Waals surface area (Å²) < 4.78 is 44.4. The highest BCUT2D eigenvalue weighted by atomic mass is 35.5. The summed E-state index contributed by atoms with van der Waals surface area (Å²) in [6, 6.07) is 10.7. The molecule has 3 aromatic rings. The molecule has 0 saturated heterocycles. The zero-order valence-electron chi connectivity index (χ0n) is 16.7. The van der Waals surface area contributed by atoms with Crippen LogP contribution in [-0.2, 0) is 10.0 Å². The molecule has 3 rings (SSSR count). The molecule has 0 unspecified atom stereocenters. The first-order chi connectivity index (χ1) is 14.9. The number of nitrogens with one attached hydrogen (secondary N) is 1. The van der Waals surface area contributed by atoms with Crippen LogP contribution in [0.5, 0.6) is 17.4 Å². The number of aromatic nitrogens is 2. The minimum Gasteiger partial charge on any atom is -0.493 e. The van der Waals surface area contributed by atoms with Crippen molar-refractivity contribution in [3.63, 3.8) is 0 Å². The first-order valence-corrected chi connectivity index (χ1v) is 10.8. The molecular formula is C20H20ClN3O6S. The van der Waals surface area contributed by atoms with E-state index in [1.807, 2.05) is 0 Å². The normalized spacial score (nSPS) is 11.1.